The van der Waals surface area contributed by atoms with Gasteiger partial charge in [0.15, 0.2) is 9.84 Å². The van der Waals surface area contributed by atoms with Gasteiger partial charge in [-0.2, -0.15) is 0 Å². The van der Waals surface area contributed by atoms with E-state index < -0.39 is 15.8 Å². The van der Waals surface area contributed by atoms with E-state index in [9.17, 15) is 13.2 Å². The molecule has 0 aromatic heterocycles. The zero-order valence-corrected chi connectivity index (χ0v) is 13.4. The number of hydrogen-bond donors (Lipinski definition) is 0. The molecule has 0 saturated heterocycles. The molecule has 4 nitrogen and oxygen atoms in total. The first-order chi connectivity index (χ1) is 10.5. The molecule has 5 heteroatoms. The van der Waals surface area contributed by atoms with Crippen LogP contribution in [-0.4, -0.2) is 20.1 Å². The third-order valence-corrected chi connectivity index (χ3v) is 5.23. The van der Waals surface area contributed by atoms with E-state index in [1.54, 1.807) is 19.1 Å². The molecule has 0 aliphatic heterocycles. The van der Waals surface area contributed by atoms with Crippen LogP contribution in [0, 0.1) is 6.92 Å². The van der Waals surface area contributed by atoms with Crippen LogP contribution >= 0.6 is 0 Å². The van der Waals surface area contributed by atoms with Gasteiger partial charge < -0.3 is 4.74 Å². The van der Waals surface area contributed by atoms with Gasteiger partial charge in [-0.1, -0.05) is 43.3 Å². The summed E-state index contributed by atoms with van der Waals surface area (Å²) in [5.41, 5.74) is 1.99. The Bertz CT molecular complexity index is 779. The lowest BCUT2D eigenvalue weighted by atomic mass is 10.1. The van der Waals surface area contributed by atoms with E-state index >= 15 is 0 Å². The molecule has 0 unspecified atom stereocenters. The van der Waals surface area contributed by atoms with Crippen LogP contribution in [0.1, 0.15) is 28.4 Å². The Balaban J connectivity index is 2.23. The van der Waals surface area contributed by atoms with E-state index in [1.165, 1.54) is 12.1 Å². The Labute approximate surface area is 130 Å². The van der Waals surface area contributed by atoms with Crippen LogP contribution < -0.4 is 0 Å². The lowest BCUT2D eigenvalue weighted by Gasteiger charge is -2.10. The van der Waals surface area contributed by atoms with Crippen molar-refractivity contribution in [3.8, 4) is 0 Å². The molecule has 0 radical (unpaired) electrons. The van der Waals surface area contributed by atoms with E-state index in [-0.39, 0.29) is 22.8 Å². The Kier molecular flexibility index (Phi) is 4.98. The van der Waals surface area contributed by atoms with E-state index in [0.717, 1.165) is 11.1 Å². The van der Waals surface area contributed by atoms with Crippen molar-refractivity contribution in [3.05, 3.63) is 65.2 Å². The molecule has 0 N–H and O–H groups in total. The Hall–Kier alpha value is -2.14. The fourth-order valence-corrected chi connectivity index (χ4v) is 3.14. The van der Waals surface area contributed by atoms with Gasteiger partial charge in [-0.3, -0.25) is 0 Å². The number of hydrogen-bond acceptors (Lipinski definition) is 4. The summed E-state index contributed by atoms with van der Waals surface area (Å²) in [5.74, 6) is -0.689. The maximum Gasteiger partial charge on any atom is 0.339 e. The number of esters is 1. The zero-order chi connectivity index (χ0) is 16.2. The van der Waals surface area contributed by atoms with Gasteiger partial charge >= 0.3 is 5.97 Å². The molecule has 0 bridgehead atoms. The molecule has 0 fully saturated rings. The van der Waals surface area contributed by atoms with Crippen LogP contribution in [0.4, 0.5) is 0 Å². The molecule has 0 aliphatic carbocycles. The molecule has 0 heterocycles. The van der Waals surface area contributed by atoms with Crippen molar-refractivity contribution in [2.24, 2.45) is 0 Å². The smallest absolute Gasteiger partial charge is 0.339 e. The second kappa shape index (κ2) is 6.75. The maximum atomic E-state index is 12.2. The predicted octanol–water partition coefficient (Wildman–Crippen LogP) is 3.15. The summed E-state index contributed by atoms with van der Waals surface area (Å²) in [6.45, 7) is 3.59. The van der Waals surface area contributed by atoms with Gasteiger partial charge in [0.05, 0.1) is 16.2 Å². The number of ether oxygens (including phenoxy) is 1. The quantitative estimate of drug-likeness (QED) is 0.795. The first-order valence-corrected chi connectivity index (χ1v) is 8.64. The average molecular weight is 318 g/mol. The highest BCUT2D eigenvalue weighted by Crippen LogP contribution is 2.19. The van der Waals surface area contributed by atoms with Gasteiger partial charge in [0.2, 0.25) is 0 Å². The number of benzene rings is 2. The first kappa shape index (κ1) is 16.2. The fourth-order valence-electron chi connectivity index (χ4n) is 2.06. The molecule has 2 aromatic carbocycles. The van der Waals surface area contributed by atoms with Crippen LogP contribution in [-0.2, 0) is 21.2 Å². The Morgan fingerprint density at radius 1 is 1.05 bits per heavy atom. The summed E-state index contributed by atoms with van der Waals surface area (Å²) in [7, 11) is -3.47. The van der Waals surface area contributed by atoms with Crippen molar-refractivity contribution in [2.75, 3.05) is 5.75 Å². The average Bonchev–Trinajstić information content (AvgIpc) is 2.54. The van der Waals surface area contributed by atoms with Crippen LogP contribution in [0.5, 0.6) is 0 Å². The SMILES string of the molecule is CCS(=O)(=O)c1ccccc1C(=O)OCc1ccccc1C. The van der Waals surface area contributed by atoms with Crippen molar-refractivity contribution >= 4 is 15.8 Å². The summed E-state index contributed by atoms with van der Waals surface area (Å²) in [4.78, 5) is 12.2. The fraction of sp³-hybridized carbons (Fsp3) is 0.235. The van der Waals surface area contributed by atoms with E-state index in [4.69, 9.17) is 4.74 Å². The van der Waals surface area contributed by atoms with Crippen LogP contribution in [0.2, 0.25) is 0 Å². The molecular formula is C17H18O4S. The Morgan fingerprint density at radius 3 is 2.36 bits per heavy atom. The van der Waals surface area contributed by atoms with E-state index in [0.29, 0.717) is 0 Å². The van der Waals surface area contributed by atoms with Crippen molar-refractivity contribution in [1.29, 1.82) is 0 Å². The largest absolute Gasteiger partial charge is 0.457 e. The summed E-state index contributed by atoms with van der Waals surface area (Å²) >= 11 is 0. The third-order valence-electron chi connectivity index (χ3n) is 3.44. The molecule has 0 amide bonds. The minimum absolute atomic E-state index is 0.0206. The molecule has 0 atom stereocenters. The van der Waals surface area contributed by atoms with Crippen LogP contribution in [0.3, 0.4) is 0 Å². The van der Waals surface area contributed by atoms with Gasteiger partial charge in [-0.25, -0.2) is 13.2 Å². The highest BCUT2D eigenvalue weighted by Gasteiger charge is 2.21. The normalized spacial score (nSPS) is 11.2. The van der Waals surface area contributed by atoms with Crippen LogP contribution in [0.15, 0.2) is 53.4 Å². The summed E-state index contributed by atoms with van der Waals surface area (Å²) < 4.78 is 29.4. The molecule has 0 aliphatic rings. The summed E-state index contributed by atoms with van der Waals surface area (Å²) in [6.07, 6.45) is 0. The second-order valence-corrected chi connectivity index (χ2v) is 7.15. The van der Waals surface area contributed by atoms with Crippen LogP contribution in [0.25, 0.3) is 0 Å². The number of sulfone groups is 1. The molecule has 0 saturated carbocycles. The molecule has 2 rings (SSSR count). The lowest BCUT2D eigenvalue weighted by molar-refractivity contribution is 0.0467. The molecule has 2 aromatic rings. The monoisotopic (exact) mass is 318 g/mol. The number of aryl methyl sites for hydroxylation is 1. The van der Waals surface area contributed by atoms with Crippen molar-refractivity contribution < 1.29 is 17.9 Å². The van der Waals surface area contributed by atoms with Crippen molar-refractivity contribution in [1.82, 2.24) is 0 Å². The topological polar surface area (TPSA) is 60.4 Å². The molecule has 116 valence electrons. The minimum atomic E-state index is -3.47. The minimum Gasteiger partial charge on any atom is -0.457 e. The first-order valence-electron chi connectivity index (χ1n) is 6.99. The molecule has 22 heavy (non-hydrogen) atoms. The molecular weight excluding hydrogens is 300 g/mol. The summed E-state index contributed by atoms with van der Waals surface area (Å²) in [6, 6.07) is 13.7. The lowest BCUT2D eigenvalue weighted by Crippen LogP contribution is -2.13. The Morgan fingerprint density at radius 2 is 1.68 bits per heavy atom. The summed E-state index contributed by atoms with van der Waals surface area (Å²) in [5, 5.41) is 0. The number of carbonyl (C=O) groups is 1. The van der Waals surface area contributed by atoms with Crippen molar-refractivity contribution in [2.45, 2.75) is 25.3 Å². The van der Waals surface area contributed by atoms with Gasteiger partial charge in [0, 0.05) is 0 Å². The number of carbonyl (C=O) groups excluding carboxylic acids is 1. The van der Waals surface area contributed by atoms with Gasteiger partial charge in [0.25, 0.3) is 0 Å². The maximum absolute atomic E-state index is 12.2. The second-order valence-electron chi connectivity index (χ2n) is 4.90. The third kappa shape index (κ3) is 3.54. The molecule has 0 spiro atoms. The highest BCUT2D eigenvalue weighted by molar-refractivity contribution is 7.91. The van der Waals surface area contributed by atoms with Gasteiger partial charge in [0.1, 0.15) is 6.61 Å². The van der Waals surface area contributed by atoms with E-state index in [2.05, 4.69) is 0 Å². The highest BCUT2D eigenvalue weighted by atomic mass is 32.2. The van der Waals surface area contributed by atoms with Gasteiger partial charge in [-0.15, -0.1) is 0 Å². The number of rotatable bonds is 5. The van der Waals surface area contributed by atoms with Crippen molar-refractivity contribution in [3.63, 3.8) is 0 Å². The van der Waals surface area contributed by atoms with E-state index in [1.807, 2.05) is 31.2 Å². The predicted molar refractivity (Wildman–Crippen MR) is 84.5 cm³/mol. The zero-order valence-electron chi connectivity index (χ0n) is 12.6. The van der Waals surface area contributed by atoms with Gasteiger partial charge in [-0.05, 0) is 30.2 Å². The standard InChI is InChI=1S/C17H18O4S/c1-3-22(19,20)16-11-7-6-10-15(16)17(18)21-12-14-9-5-4-8-13(14)2/h4-11H,3,12H2,1-2H3.